The molecule has 1 saturated heterocycles. The molecular weight excluding hydrogens is 328 g/mol. The highest BCUT2D eigenvalue weighted by atomic mass is 16.9. The smallest absolute Gasteiger partial charge is 0.288 e. The number of hydrogen-bond acceptors (Lipinski definition) is 4. The van der Waals surface area contributed by atoms with Crippen molar-refractivity contribution >= 4 is 0 Å². The highest BCUT2D eigenvalue weighted by molar-refractivity contribution is 4.89. The van der Waals surface area contributed by atoms with E-state index in [4.69, 9.17) is 18.9 Å². The molecule has 1 heterocycles. The molecule has 0 N–H and O–H groups in total. The lowest BCUT2D eigenvalue weighted by Gasteiger charge is -2.47. The van der Waals surface area contributed by atoms with Crippen LogP contribution in [-0.4, -0.2) is 40.0 Å². The van der Waals surface area contributed by atoms with Crippen LogP contribution in [0, 0.1) is 5.41 Å². The predicted octanol–water partition coefficient (Wildman–Crippen LogP) is 6.08. The quantitative estimate of drug-likeness (QED) is 0.166. The van der Waals surface area contributed by atoms with Gasteiger partial charge in [-0.3, -0.25) is 0 Å². The average molecular weight is 373 g/mol. The molecule has 4 heteroatoms. The summed E-state index contributed by atoms with van der Waals surface area (Å²) in [5.74, 6) is -0.942. The van der Waals surface area contributed by atoms with E-state index in [-0.39, 0.29) is 5.41 Å². The van der Waals surface area contributed by atoms with Gasteiger partial charge in [-0.05, 0) is 25.7 Å². The van der Waals surface area contributed by atoms with Crippen LogP contribution in [0.5, 0.6) is 0 Å². The van der Waals surface area contributed by atoms with Gasteiger partial charge in [0.2, 0.25) is 0 Å². The molecule has 1 rings (SSSR count). The van der Waals surface area contributed by atoms with Gasteiger partial charge in [-0.25, -0.2) is 0 Å². The summed E-state index contributed by atoms with van der Waals surface area (Å²) in [5, 5.41) is 0. The number of rotatable bonds is 18. The van der Waals surface area contributed by atoms with Crippen LogP contribution in [0.1, 0.15) is 97.3 Å². The summed E-state index contributed by atoms with van der Waals surface area (Å²) in [7, 11) is 5.16. The second-order valence-corrected chi connectivity index (χ2v) is 7.92. The first kappa shape index (κ1) is 23.9. The first-order chi connectivity index (χ1) is 12.6. The lowest BCUT2D eigenvalue weighted by Crippen LogP contribution is -2.53. The van der Waals surface area contributed by atoms with Crippen LogP contribution in [0.15, 0.2) is 0 Å². The molecule has 0 spiro atoms. The minimum atomic E-state index is -0.942. The van der Waals surface area contributed by atoms with Crippen molar-refractivity contribution in [3.63, 3.8) is 0 Å². The molecule has 26 heavy (non-hydrogen) atoms. The van der Waals surface area contributed by atoms with Gasteiger partial charge in [-0.2, -0.15) is 0 Å². The van der Waals surface area contributed by atoms with Crippen molar-refractivity contribution < 1.29 is 18.9 Å². The van der Waals surface area contributed by atoms with Crippen LogP contribution >= 0.6 is 0 Å². The number of epoxide rings is 1. The second kappa shape index (κ2) is 13.1. The molecule has 156 valence electrons. The fraction of sp³-hybridized carbons (Fsp3) is 1.00. The largest absolute Gasteiger partial charge is 0.373 e. The van der Waals surface area contributed by atoms with Crippen LogP contribution in [0.2, 0.25) is 0 Å². The summed E-state index contributed by atoms with van der Waals surface area (Å²) in [5.41, 5.74) is -0.0881. The van der Waals surface area contributed by atoms with Gasteiger partial charge in [0.05, 0.1) is 18.1 Å². The molecular formula is C22H44O4. The zero-order chi connectivity index (χ0) is 19.3. The Morgan fingerprint density at radius 2 is 1.27 bits per heavy atom. The molecule has 2 unspecified atom stereocenters. The van der Waals surface area contributed by atoms with Gasteiger partial charge < -0.3 is 18.9 Å². The Morgan fingerprint density at radius 1 is 0.731 bits per heavy atom. The van der Waals surface area contributed by atoms with Crippen molar-refractivity contribution in [2.75, 3.05) is 27.9 Å². The Morgan fingerprint density at radius 3 is 1.77 bits per heavy atom. The maximum atomic E-state index is 5.87. The first-order valence-corrected chi connectivity index (χ1v) is 10.9. The van der Waals surface area contributed by atoms with Crippen molar-refractivity contribution in [2.24, 2.45) is 5.41 Å². The molecule has 2 atom stereocenters. The number of ether oxygens (including phenoxy) is 4. The third kappa shape index (κ3) is 7.10. The van der Waals surface area contributed by atoms with E-state index in [1.165, 1.54) is 57.8 Å². The standard InChI is InChI=1S/C22H44O4/c1-6-8-9-10-11-13-17-21(16-7-2,22(23-3,24-4)25-5)18-14-12-15-20-19-26-20/h20H,6-19H2,1-5H3. The number of unbranched alkanes of at least 4 members (excludes halogenated alkanes) is 6. The van der Waals surface area contributed by atoms with Crippen LogP contribution in [-0.2, 0) is 18.9 Å². The molecule has 0 saturated carbocycles. The van der Waals surface area contributed by atoms with Crippen molar-refractivity contribution in [3.8, 4) is 0 Å². The van der Waals surface area contributed by atoms with Crippen LogP contribution in [0.4, 0.5) is 0 Å². The molecule has 0 aliphatic carbocycles. The Balaban J connectivity index is 2.71. The third-order valence-electron chi connectivity index (χ3n) is 6.03. The fourth-order valence-electron chi connectivity index (χ4n) is 4.53. The van der Waals surface area contributed by atoms with Gasteiger partial charge in [0.15, 0.2) is 0 Å². The Hall–Kier alpha value is -0.160. The minimum Gasteiger partial charge on any atom is -0.373 e. The Bertz CT molecular complexity index is 331. The summed E-state index contributed by atoms with van der Waals surface area (Å²) in [4.78, 5) is 0. The maximum Gasteiger partial charge on any atom is 0.288 e. The van der Waals surface area contributed by atoms with Gasteiger partial charge in [-0.15, -0.1) is 0 Å². The van der Waals surface area contributed by atoms with E-state index < -0.39 is 5.97 Å². The zero-order valence-electron chi connectivity index (χ0n) is 18.1. The minimum absolute atomic E-state index is 0.0881. The van der Waals surface area contributed by atoms with Gasteiger partial charge in [0, 0.05) is 21.3 Å². The van der Waals surface area contributed by atoms with Gasteiger partial charge in [-0.1, -0.05) is 71.6 Å². The van der Waals surface area contributed by atoms with Crippen molar-refractivity contribution in [1.82, 2.24) is 0 Å². The maximum absolute atomic E-state index is 5.87. The zero-order valence-corrected chi connectivity index (χ0v) is 18.1. The number of hydrogen-bond donors (Lipinski definition) is 0. The van der Waals surface area contributed by atoms with E-state index in [0.717, 1.165) is 32.3 Å². The summed E-state index contributed by atoms with van der Waals surface area (Å²) < 4.78 is 23.0. The van der Waals surface area contributed by atoms with Crippen LogP contribution in [0.3, 0.4) is 0 Å². The topological polar surface area (TPSA) is 40.2 Å². The highest BCUT2D eigenvalue weighted by Crippen LogP contribution is 2.48. The molecule has 0 aromatic rings. The average Bonchev–Trinajstić information content (AvgIpc) is 3.48. The second-order valence-electron chi connectivity index (χ2n) is 7.92. The van der Waals surface area contributed by atoms with E-state index in [1.807, 2.05) is 0 Å². The first-order valence-electron chi connectivity index (χ1n) is 10.9. The SMILES string of the molecule is CCCCCCCCC(CCC)(CCCCC1CO1)C(OC)(OC)OC. The van der Waals surface area contributed by atoms with E-state index in [1.54, 1.807) is 21.3 Å². The fourth-order valence-corrected chi connectivity index (χ4v) is 4.53. The molecule has 0 radical (unpaired) electrons. The Labute approximate surface area is 162 Å². The summed E-state index contributed by atoms with van der Waals surface area (Å²) in [6.45, 7) is 5.47. The highest BCUT2D eigenvalue weighted by Gasteiger charge is 2.52. The predicted molar refractivity (Wildman–Crippen MR) is 107 cm³/mol. The van der Waals surface area contributed by atoms with Crippen molar-refractivity contribution in [1.29, 1.82) is 0 Å². The van der Waals surface area contributed by atoms with Crippen molar-refractivity contribution in [3.05, 3.63) is 0 Å². The molecule has 0 amide bonds. The number of methoxy groups -OCH3 is 3. The van der Waals surface area contributed by atoms with Crippen LogP contribution < -0.4 is 0 Å². The van der Waals surface area contributed by atoms with E-state index >= 15 is 0 Å². The normalized spacial score (nSPS) is 19.5. The Kier molecular flexibility index (Phi) is 12.0. The summed E-state index contributed by atoms with van der Waals surface area (Å²) in [6.07, 6.45) is 16.3. The lowest BCUT2D eigenvalue weighted by atomic mass is 9.72. The molecule has 1 fully saturated rings. The monoisotopic (exact) mass is 372 g/mol. The molecule has 0 aromatic carbocycles. The van der Waals surface area contributed by atoms with Crippen LogP contribution in [0.25, 0.3) is 0 Å². The van der Waals surface area contributed by atoms with E-state index in [0.29, 0.717) is 6.10 Å². The summed E-state index contributed by atoms with van der Waals surface area (Å²) >= 11 is 0. The molecule has 1 aliphatic heterocycles. The third-order valence-corrected chi connectivity index (χ3v) is 6.03. The van der Waals surface area contributed by atoms with E-state index in [9.17, 15) is 0 Å². The van der Waals surface area contributed by atoms with Gasteiger partial charge in [0.1, 0.15) is 0 Å². The lowest BCUT2D eigenvalue weighted by molar-refractivity contribution is -0.411. The van der Waals surface area contributed by atoms with E-state index in [2.05, 4.69) is 13.8 Å². The van der Waals surface area contributed by atoms with Gasteiger partial charge >= 0.3 is 0 Å². The molecule has 4 nitrogen and oxygen atoms in total. The molecule has 1 aliphatic rings. The summed E-state index contributed by atoms with van der Waals surface area (Å²) in [6, 6.07) is 0. The van der Waals surface area contributed by atoms with Gasteiger partial charge in [0.25, 0.3) is 5.97 Å². The van der Waals surface area contributed by atoms with Crippen molar-refractivity contribution in [2.45, 2.75) is 109 Å². The molecule has 0 aromatic heterocycles. The molecule has 0 bridgehead atoms.